The second-order valence-corrected chi connectivity index (χ2v) is 6.33. The van der Waals surface area contributed by atoms with E-state index in [1.165, 1.54) is 42.5 Å². The fourth-order valence-electron chi connectivity index (χ4n) is 2.89. The number of hydrogen-bond acceptors (Lipinski definition) is 1. The Morgan fingerprint density at radius 3 is 2.44 bits per heavy atom. The first-order valence-corrected chi connectivity index (χ1v) is 8.12. The van der Waals surface area contributed by atoms with Crippen LogP contribution in [0.5, 0.6) is 0 Å². The minimum absolute atomic E-state index is 0.732. The summed E-state index contributed by atoms with van der Waals surface area (Å²) < 4.78 is 0. The SMILES string of the molecule is Cc1cc(N(C)C2CCC(C)CC2)ccc1CBr. The maximum absolute atomic E-state index is 3.54. The van der Waals surface area contributed by atoms with Crippen molar-refractivity contribution in [3.05, 3.63) is 29.3 Å². The van der Waals surface area contributed by atoms with Gasteiger partial charge in [-0.3, -0.25) is 0 Å². The highest BCUT2D eigenvalue weighted by Crippen LogP contribution is 2.30. The van der Waals surface area contributed by atoms with Crippen LogP contribution in [0.2, 0.25) is 0 Å². The molecule has 2 heteroatoms. The Labute approximate surface area is 120 Å². The molecule has 0 aliphatic heterocycles. The zero-order valence-electron chi connectivity index (χ0n) is 11.7. The van der Waals surface area contributed by atoms with Gasteiger partial charge in [-0.25, -0.2) is 0 Å². The van der Waals surface area contributed by atoms with Crippen LogP contribution in [0.25, 0.3) is 0 Å². The number of nitrogens with zero attached hydrogens (tertiary/aromatic N) is 1. The van der Waals surface area contributed by atoms with Crippen molar-refractivity contribution < 1.29 is 0 Å². The standard InChI is InChI=1S/C16H24BrN/c1-12-4-7-15(8-5-12)18(3)16-9-6-14(11-17)13(2)10-16/h6,9-10,12,15H,4-5,7-8,11H2,1-3H3. The van der Waals surface area contributed by atoms with E-state index < -0.39 is 0 Å². The van der Waals surface area contributed by atoms with Gasteiger partial charge in [0.2, 0.25) is 0 Å². The first-order valence-electron chi connectivity index (χ1n) is 7.00. The van der Waals surface area contributed by atoms with Crippen LogP contribution in [0.1, 0.15) is 43.7 Å². The fraction of sp³-hybridized carbons (Fsp3) is 0.625. The highest BCUT2D eigenvalue weighted by Gasteiger charge is 2.22. The van der Waals surface area contributed by atoms with E-state index in [-0.39, 0.29) is 0 Å². The van der Waals surface area contributed by atoms with Crippen LogP contribution in [-0.4, -0.2) is 13.1 Å². The third-order valence-corrected chi connectivity index (χ3v) is 5.01. The molecule has 2 rings (SSSR count). The third kappa shape index (κ3) is 3.09. The van der Waals surface area contributed by atoms with Crippen LogP contribution in [0, 0.1) is 12.8 Å². The number of halogens is 1. The van der Waals surface area contributed by atoms with Gasteiger partial charge in [0.1, 0.15) is 0 Å². The van der Waals surface area contributed by atoms with Gasteiger partial charge in [-0.2, -0.15) is 0 Å². The molecule has 0 heterocycles. The van der Waals surface area contributed by atoms with Crippen molar-refractivity contribution in [2.75, 3.05) is 11.9 Å². The van der Waals surface area contributed by atoms with Gasteiger partial charge in [0.25, 0.3) is 0 Å². The number of benzene rings is 1. The predicted molar refractivity (Wildman–Crippen MR) is 83.6 cm³/mol. The molecule has 0 N–H and O–H groups in total. The molecule has 0 spiro atoms. The Morgan fingerprint density at radius 1 is 1.22 bits per heavy atom. The van der Waals surface area contributed by atoms with Crippen LogP contribution in [0.4, 0.5) is 5.69 Å². The Morgan fingerprint density at radius 2 is 1.89 bits per heavy atom. The molecule has 0 unspecified atom stereocenters. The maximum atomic E-state index is 3.54. The molecule has 18 heavy (non-hydrogen) atoms. The molecule has 0 bridgehead atoms. The fourth-order valence-corrected chi connectivity index (χ4v) is 3.52. The predicted octanol–water partition coefficient (Wildman–Crippen LogP) is 4.90. The van der Waals surface area contributed by atoms with Crippen LogP contribution in [0.3, 0.4) is 0 Å². The van der Waals surface area contributed by atoms with Crippen LogP contribution in [0.15, 0.2) is 18.2 Å². The van der Waals surface area contributed by atoms with E-state index >= 15 is 0 Å². The lowest BCUT2D eigenvalue weighted by atomic mass is 9.86. The van der Waals surface area contributed by atoms with Crippen molar-refractivity contribution in [3.63, 3.8) is 0 Å². The molecule has 1 aromatic carbocycles. The number of hydrogen-bond donors (Lipinski definition) is 0. The van der Waals surface area contributed by atoms with Gasteiger partial charge in [-0.15, -0.1) is 0 Å². The Bertz CT molecular complexity index is 394. The molecule has 1 aliphatic carbocycles. The van der Waals surface area contributed by atoms with E-state index in [9.17, 15) is 0 Å². The van der Waals surface area contributed by atoms with Crippen LogP contribution in [-0.2, 0) is 5.33 Å². The summed E-state index contributed by atoms with van der Waals surface area (Å²) in [5.74, 6) is 0.923. The molecule has 1 saturated carbocycles. The quantitative estimate of drug-likeness (QED) is 0.717. The molecular formula is C16H24BrN. The highest BCUT2D eigenvalue weighted by molar-refractivity contribution is 9.08. The van der Waals surface area contributed by atoms with Gasteiger partial charge in [0, 0.05) is 24.1 Å². The maximum Gasteiger partial charge on any atom is 0.0368 e. The van der Waals surface area contributed by atoms with Crippen molar-refractivity contribution in [1.82, 2.24) is 0 Å². The average molecular weight is 310 g/mol. The van der Waals surface area contributed by atoms with Crippen molar-refractivity contribution in [2.24, 2.45) is 5.92 Å². The van der Waals surface area contributed by atoms with Gasteiger partial charge in [-0.1, -0.05) is 28.9 Å². The molecule has 1 aliphatic rings. The van der Waals surface area contributed by atoms with E-state index in [1.54, 1.807) is 0 Å². The zero-order valence-corrected chi connectivity index (χ0v) is 13.3. The molecule has 100 valence electrons. The van der Waals surface area contributed by atoms with Gasteiger partial charge in [0.05, 0.1) is 0 Å². The Balaban J connectivity index is 2.08. The summed E-state index contributed by atoms with van der Waals surface area (Å²) in [5, 5.41) is 0.948. The van der Waals surface area contributed by atoms with Crippen molar-refractivity contribution in [3.8, 4) is 0 Å². The molecule has 1 aromatic rings. The topological polar surface area (TPSA) is 3.24 Å². The highest BCUT2D eigenvalue weighted by atomic mass is 79.9. The van der Waals surface area contributed by atoms with E-state index in [0.717, 1.165) is 17.3 Å². The second-order valence-electron chi connectivity index (χ2n) is 5.77. The van der Waals surface area contributed by atoms with Crippen LogP contribution >= 0.6 is 15.9 Å². The number of rotatable bonds is 3. The minimum atomic E-state index is 0.732. The van der Waals surface area contributed by atoms with E-state index in [1.807, 2.05) is 0 Å². The summed E-state index contributed by atoms with van der Waals surface area (Å²) in [6, 6.07) is 7.58. The molecule has 0 atom stereocenters. The summed E-state index contributed by atoms with van der Waals surface area (Å²) in [6.45, 7) is 4.59. The lowest BCUT2D eigenvalue weighted by Crippen LogP contribution is -2.34. The van der Waals surface area contributed by atoms with E-state index in [2.05, 4.69) is 59.9 Å². The number of aryl methyl sites for hydroxylation is 1. The number of alkyl halides is 1. The smallest absolute Gasteiger partial charge is 0.0368 e. The van der Waals surface area contributed by atoms with Crippen molar-refractivity contribution in [2.45, 2.75) is 50.9 Å². The van der Waals surface area contributed by atoms with Gasteiger partial charge in [0.15, 0.2) is 0 Å². The summed E-state index contributed by atoms with van der Waals surface area (Å²) in [5.41, 5.74) is 4.15. The monoisotopic (exact) mass is 309 g/mol. The van der Waals surface area contributed by atoms with Gasteiger partial charge < -0.3 is 4.90 Å². The molecule has 0 radical (unpaired) electrons. The summed E-state index contributed by atoms with van der Waals surface area (Å²) >= 11 is 3.54. The Hall–Kier alpha value is -0.500. The zero-order chi connectivity index (χ0) is 13.1. The third-order valence-electron chi connectivity index (χ3n) is 4.41. The molecule has 0 saturated heterocycles. The average Bonchev–Trinajstić information content (AvgIpc) is 2.38. The van der Waals surface area contributed by atoms with E-state index in [4.69, 9.17) is 0 Å². The summed E-state index contributed by atoms with van der Waals surface area (Å²) in [7, 11) is 2.25. The first-order chi connectivity index (χ1) is 8.61. The second kappa shape index (κ2) is 6.10. The molecule has 0 aromatic heterocycles. The normalized spacial score (nSPS) is 24.0. The van der Waals surface area contributed by atoms with Gasteiger partial charge >= 0.3 is 0 Å². The lowest BCUT2D eigenvalue weighted by Gasteiger charge is -2.35. The van der Waals surface area contributed by atoms with Crippen molar-refractivity contribution >= 4 is 21.6 Å². The largest absolute Gasteiger partial charge is 0.372 e. The Kier molecular flexibility index (Phi) is 4.71. The summed E-state index contributed by atoms with van der Waals surface area (Å²) in [4.78, 5) is 2.48. The summed E-state index contributed by atoms with van der Waals surface area (Å²) in [6.07, 6.45) is 5.45. The molecular weight excluding hydrogens is 286 g/mol. The molecule has 1 fully saturated rings. The van der Waals surface area contributed by atoms with Crippen molar-refractivity contribution in [1.29, 1.82) is 0 Å². The van der Waals surface area contributed by atoms with Gasteiger partial charge in [-0.05, 0) is 61.8 Å². The van der Waals surface area contributed by atoms with E-state index in [0.29, 0.717) is 0 Å². The first kappa shape index (κ1) is 13.9. The molecule has 1 nitrogen and oxygen atoms in total. The minimum Gasteiger partial charge on any atom is -0.372 e. The number of anilines is 1. The lowest BCUT2D eigenvalue weighted by molar-refractivity contribution is 0.341. The van der Waals surface area contributed by atoms with Crippen LogP contribution < -0.4 is 4.90 Å². The molecule has 0 amide bonds.